The van der Waals surface area contributed by atoms with Gasteiger partial charge in [0.05, 0.1) is 15.9 Å². The van der Waals surface area contributed by atoms with Crippen LogP contribution in [0.1, 0.15) is 52.4 Å². The summed E-state index contributed by atoms with van der Waals surface area (Å²) in [5.41, 5.74) is 3.88. The Hall–Kier alpha value is -0.610. The van der Waals surface area contributed by atoms with Crippen molar-refractivity contribution in [1.29, 1.82) is 0 Å². The molecule has 0 bridgehead atoms. The average Bonchev–Trinajstić information content (AvgIpc) is 2.74. The van der Waals surface area contributed by atoms with E-state index in [0.717, 1.165) is 44.8 Å². The molecule has 1 rings (SSSR count). The smallest absolute Gasteiger partial charge is 0.0766 e. The standard InChI is InChI=1S/C17H30BrN3/c1-6-15-17(18)16(21(7-2)20-15)11-14(5)9-8-10-19-12-13(3)4/h9,13,19H,6-8,10-12H2,1-5H3. The fraction of sp³-hybridized carbons (Fsp3) is 0.706. The monoisotopic (exact) mass is 355 g/mol. The van der Waals surface area contributed by atoms with Crippen LogP contribution in [0.25, 0.3) is 0 Å². The quantitative estimate of drug-likeness (QED) is 0.527. The Balaban J connectivity index is 2.57. The molecule has 0 atom stereocenters. The predicted molar refractivity (Wildman–Crippen MR) is 94.8 cm³/mol. The van der Waals surface area contributed by atoms with Gasteiger partial charge in [0.2, 0.25) is 0 Å². The molecule has 0 aliphatic rings. The lowest BCUT2D eigenvalue weighted by Crippen LogP contribution is -2.20. The van der Waals surface area contributed by atoms with Gasteiger partial charge in [0.25, 0.3) is 0 Å². The lowest BCUT2D eigenvalue weighted by atomic mass is 10.1. The van der Waals surface area contributed by atoms with Crippen molar-refractivity contribution >= 4 is 15.9 Å². The highest BCUT2D eigenvalue weighted by atomic mass is 79.9. The molecule has 0 radical (unpaired) electrons. The van der Waals surface area contributed by atoms with Gasteiger partial charge in [0.15, 0.2) is 0 Å². The van der Waals surface area contributed by atoms with Gasteiger partial charge in [0.1, 0.15) is 0 Å². The van der Waals surface area contributed by atoms with Crippen LogP contribution in [0.2, 0.25) is 0 Å². The van der Waals surface area contributed by atoms with Crippen LogP contribution in [0.15, 0.2) is 16.1 Å². The molecule has 21 heavy (non-hydrogen) atoms. The fourth-order valence-electron chi connectivity index (χ4n) is 2.33. The van der Waals surface area contributed by atoms with Gasteiger partial charge < -0.3 is 5.32 Å². The zero-order chi connectivity index (χ0) is 15.8. The van der Waals surface area contributed by atoms with Crippen molar-refractivity contribution in [3.05, 3.63) is 27.5 Å². The number of rotatable bonds is 9. The SMILES string of the molecule is CCc1nn(CC)c(CC(C)=CCCNCC(C)C)c1Br. The third kappa shape index (κ3) is 5.95. The van der Waals surface area contributed by atoms with Gasteiger partial charge in [-0.1, -0.05) is 32.4 Å². The van der Waals surface area contributed by atoms with Crippen LogP contribution < -0.4 is 5.32 Å². The van der Waals surface area contributed by atoms with Crippen LogP contribution in [-0.4, -0.2) is 22.9 Å². The van der Waals surface area contributed by atoms with E-state index in [1.807, 2.05) is 0 Å². The molecule has 0 amide bonds. The van der Waals surface area contributed by atoms with Crippen molar-refractivity contribution in [2.75, 3.05) is 13.1 Å². The summed E-state index contributed by atoms with van der Waals surface area (Å²) in [6.07, 6.45) is 5.39. The highest BCUT2D eigenvalue weighted by Crippen LogP contribution is 2.24. The summed E-state index contributed by atoms with van der Waals surface area (Å²) in [6, 6.07) is 0. The molecule has 0 saturated carbocycles. The Labute approximate surface area is 138 Å². The summed E-state index contributed by atoms with van der Waals surface area (Å²) in [6.45, 7) is 14.1. The molecular weight excluding hydrogens is 326 g/mol. The average molecular weight is 356 g/mol. The molecule has 0 fully saturated rings. The molecular formula is C17H30BrN3. The predicted octanol–water partition coefficient (Wildman–Crippen LogP) is 4.35. The molecule has 0 spiro atoms. The Morgan fingerprint density at radius 1 is 1.38 bits per heavy atom. The first-order valence-electron chi connectivity index (χ1n) is 8.09. The van der Waals surface area contributed by atoms with E-state index in [-0.39, 0.29) is 0 Å². The molecule has 0 aliphatic carbocycles. The Morgan fingerprint density at radius 3 is 2.67 bits per heavy atom. The van der Waals surface area contributed by atoms with Crippen molar-refractivity contribution < 1.29 is 0 Å². The molecule has 1 N–H and O–H groups in total. The molecule has 120 valence electrons. The zero-order valence-electron chi connectivity index (χ0n) is 14.2. The third-order valence-corrected chi connectivity index (χ3v) is 4.42. The number of hydrogen-bond acceptors (Lipinski definition) is 2. The minimum Gasteiger partial charge on any atom is -0.316 e. The molecule has 1 heterocycles. The minimum absolute atomic E-state index is 0.720. The van der Waals surface area contributed by atoms with Gasteiger partial charge in [-0.3, -0.25) is 4.68 Å². The summed E-state index contributed by atoms with van der Waals surface area (Å²) in [7, 11) is 0. The molecule has 0 aliphatic heterocycles. The summed E-state index contributed by atoms with van der Waals surface area (Å²) in [5, 5.41) is 8.14. The number of allylic oxidation sites excluding steroid dienone is 1. The van der Waals surface area contributed by atoms with Gasteiger partial charge in [0, 0.05) is 13.0 Å². The summed E-state index contributed by atoms with van der Waals surface area (Å²) in [5.74, 6) is 0.720. The number of halogens is 1. The van der Waals surface area contributed by atoms with E-state index in [4.69, 9.17) is 0 Å². The van der Waals surface area contributed by atoms with Crippen LogP contribution in [0, 0.1) is 5.92 Å². The largest absolute Gasteiger partial charge is 0.316 e. The van der Waals surface area contributed by atoms with Crippen molar-refractivity contribution in [2.45, 2.75) is 60.4 Å². The van der Waals surface area contributed by atoms with Gasteiger partial charge in [-0.05, 0) is 61.6 Å². The van der Waals surface area contributed by atoms with E-state index in [9.17, 15) is 0 Å². The van der Waals surface area contributed by atoms with E-state index in [1.165, 1.54) is 21.4 Å². The molecule has 3 nitrogen and oxygen atoms in total. The number of nitrogens with zero attached hydrogens (tertiary/aromatic N) is 2. The maximum absolute atomic E-state index is 4.66. The first-order valence-corrected chi connectivity index (χ1v) is 8.89. The zero-order valence-corrected chi connectivity index (χ0v) is 15.8. The number of hydrogen-bond donors (Lipinski definition) is 1. The maximum Gasteiger partial charge on any atom is 0.0766 e. The van der Waals surface area contributed by atoms with E-state index in [0.29, 0.717) is 0 Å². The first kappa shape index (κ1) is 18.4. The number of aromatic nitrogens is 2. The first-order chi connectivity index (χ1) is 9.99. The number of nitrogens with one attached hydrogen (secondary N) is 1. The fourth-order valence-corrected chi connectivity index (χ4v) is 3.04. The summed E-state index contributed by atoms with van der Waals surface area (Å²) < 4.78 is 3.31. The molecule has 0 unspecified atom stereocenters. The molecule has 1 aromatic rings. The van der Waals surface area contributed by atoms with E-state index >= 15 is 0 Å². The summed E-state index contributed by atoms with van der Waals surface area (Å²) in [4.78, 5) is 0. The van der Waals surface area contributed by atoms with Gasteiger partial charge in [-0.25, -0.2) is 0 Å². The number of aryl methyl sites for hydroxylation is 2. The van der Waals surface area contributed by atoms with Crippen molar-refractivity contribution in [1.82, 2.24) is 15.1 Å². The van der Waals surface area contributed by atoms with E-state index in [1.54, 1.807) is 0 Å². The van der Waals surface area contributed by atoms with Crippen LogP contribution in [0.5, 0.6) is 0 Å². The van der Waals surface area contributed by atoms with Crippen LogP contribution >= 0.6 is 15.9 Å². The molecule has 0 aromatic carbocycles. The Bertz CT molecular complexity index is 461. The lowest BCUT2D eigenvalue weighted by molar-refractivity contribution is 0.556. The van der Waals surface area contributed by atoms with Crippen molar-refractivity contribution in [3.8, 4) is 0 Å². The van der Waals surface area contributed by atoms with Gasteiger partial charge in [-0.2, -0.15) is 5.10 Å². The molecule has 4 heteroatoms. The second kappa shape index (κ2) is 9.42. The molecule has 0 saturated heterocycles. The maximum atomic E-state index is 4.66. The Kier molecular flexibility index (Phi) is 8.27. The van der Waals surface area contributed by atoms with Gasteiger partial charge >= 0.3 is 0 Å². The minimum atomic E-state index is 0.720. The normalized spacial score (nSPS) is 12.4. The van der Waals surface area contributed by atoms with E-state index < -0.39 is 0 Å². The van der Waals surface area contributed by atoms with E-state index in [2.05, 4.69) is 71.7 Å². The van der Waals surface area contributed by atoms with Crippen molar-refractivity contribution in [3.63, 3.8) is 0 Å². The van der Waals surface area contributed by atoms with Crippen LogP contribution in [0.3, 0.4) is 0 Å². The second-order valence-corrected chi connectivity index (χ2v) is 6.78. The highest BCUT2D eigenvalue weighted by molar-refractivity contribution is 9.10. The highest BCUT2D eigenvalue weighted by Gasteiger charge is 2.13. The van der Waals surface area contributed by atoms with Crippen LogP contribution in [-0.2, 0) is 19.4 Å². The molecule has 1 aromatic heterocycles. The Morgan fingerprint density at radius 2 is 2.10 bits per heavy atom. The summed E-state index contributed by atoms with van der Waals surface area (Å²) >= 11 is 3.72. The lowest BCUT2D eigenvalue weighted by Gasteiger charge is -2.07. The van der Waals surface area contributed by atoms with Gasteiger partial charge in [-0.15, -0.1) is 0 Å². The van der Waals surface area contributed by atoms with Crippen LogP contribution in [0.4, 0.5) is 0 Å². The second-order valence-electron chi connectivity index (χ2n) is 5.99. The third-order valence-electron chi connectivity index (χ3n) is 3.51. The topological polar surface area (TPSA) is 29.9 Å². The van der Waals surface area contributed by atoms with Crippen molar-refractivity contribution in [2.24, 2.45) is 5.92 Å².